The highest BCUT2D eigenvalue weighted by molar-refractivity contribution is 6.31. The summed E-state index contributed by atoms with van der Waals surface area (Å²) in [7, 11) is 0. The Balaban J connectivity index is 1.63. The van der Waals surface area contributed by atoms with E-state index in [0.717, 1.165) is 22.0 Å². The second-order valence-electron chi connectivity index (χ2n) is 7.53. The number of hydrogen-bond acceptors (Lipinski definition) is 4. The molecule has 1 aliphatic carbocycles. The molecule has 2 atom stereocenters. The maximum atomic E-state index is 13.0. The molecule has 0 saturated carbocycles. The first-order valence-corrected chi connectivity index (χ1v) is 10.0. The molecule has 0 spiro atoms. The van der Waals surface area contributed by atoms with Crippen LogP contribution in [0, 0.1) is 0 Å². The molecule has 1 aromatic heterocycles. The van der Waals surface area contributed by atoms with Crippen molar-refractivity contribution in [3.8, 4) is 0 Å². The molecule has 0 aliphatic heterocycles. The van der Waals surface area contributed by atoms with Crippen LogP contribution in [0.1, 0.15) is 27.7 Å². The summed E-state index contributed by atoms with van der Waals surface area (Å²) in [6, 6.07) is 13.3. The fraction of sp³-hybridized carbons (Fsp3) is 0.227. The Hall–Kier alpha value is -3.36. The summed E-state index contributed by atoms with van der Waals surface area (Å²) in [5.41, 5.74) is 2.87. The van der Waals surface area contributed by atoms with Crippen LogP contribution in [0.25, 0.3) is 10.9 Å². The minimum atomic E-state index is -1.14. The zero-order valence-corrected chi connectivity index (χ0v) is 17.1. The molecule has 0 saturated heterocycles. The van der Waals surface area contributed by atoms with Gasteiger partial charge in [0.2, 0.25) is 0 Å². The van der Waals surface area contributed by atoms with E-state index in [9.17, 15) is 24.6 Å². The van der Waals surface area contributed by atoms with Gasteiger partial charge in [-0.2, -0.15) is 0 Å². The van der Waals surface area contributed by atoms with E-state index in [1.165, 1.54) is 4.90 Å². The summed E-state index contributed by atoms with van der Waals surface area (Å²) in [4.78, 5) is 40.2. The largest absolute Gasteiger partial charge is 0.480 e. The number of nitrogens with one attached hydrogen (secondary N) is 2. The van der Waals surface area contributed by atoms with Crippen LogP contribution in [-0.4, -0.2) is 57.1 Å². The smallest absolute Gasteiger partial charge is 0.317 e. The Morgan fingerprint density at radius 2 is 1.77 bits per heavy atom. The number of carboxylic acids is 2. The number of carbonyl (C=O) groups excluding carboxylic acids is 1. The topological polar surface area (TPSA) is 123 Å². The van der Waals surface area contributed by atoms with Gasteiger partial charge in [-0.05, 0) is 41.8 Å². The van der Waals surface area contributed by atoms with E-state index in [-0.39, 0.29) is 5.91 Å². The minimum absolute atomic E-state index is 0.343. The molecular formula is C22H20ClN3O5. The zero-order valence-electron chi connectivity index (χ0n) is 16.3. The lowest BCUT2D eigenvalue weighted by Crippen LogP contribution is -2.47. The predicted octanol–water partition coefficient (Wildman–Crippen LogP) is 2.69. The summed E-state index contributed by atoms with van der Waals surface area (Å²) in [6.45, 7) is -0.912. The number of benzene rings is 2. The number of amides is 1. The first kappa shape index (κ1) is 20.9. The van der Waals surface area contributed by atoms with Crippen molar-refractivity contribution in [2.75, 3.05) is 13.1 Å². The number of hydrogen-bond donors (Lipinski definition) is 4. The van der Waals surface area contributed by atoms with E-state index in [2.05, 4.69) is 10.3 Å². The monoisotopic (exact) mass is 441 g/mol. The number of rotatable bonds is 7. The van der Waals surface area contributed by atoms with Gasteiger partial charge in [-0.3, -0.25) is 19.3 Å². The molecule has 1 amide bonds. The van der Waals surface area contributed by atoms with Crippen LogP contribution in [0.3, 0.4) is 0 Å². The zero-order chi connectivity index (χ0) is 22.1. The van der Waals surface area contributed by atoms with Gasteiger partial charge in [-0.15, -0.1) is 0 Å². The van der Waals surface area contributed by atoms with Crippen LogP contribution in [0.5, 0.6) is 0 Å². The van der Waals surface area contributed by atoms with Gasteiger partial charge < -0.3 is 20.5 Å². The van der Waals surface area contributed by atoms with Gasteiger partial charge in [-0.1, -0.05) is 35.9 Å². The van der Waals surface area contributed by atoms with Crippen LogP contribution >= 0.6 is 11.6 Å². The summed E-state index contributed by atoms with van der Waals surface area (Å²) in [6.07, 6.45) is 0.467. The van der Waals surface area contributed by atoms with E-state index in [1.54, 1.807) is 24.3 Å². The van der Waals surface area contributed by atoms with E-state index in [4.69, 9.17) is 11.6 Å². The lowest BCUT2D eigenvalue weighted by molar-refractivity contribution is -0.143. The Bertz CT molecular complexity index is 1160. The normalized spacial score (nSPS) is 17.6. The molecule has 160 valence electrons. The average Bonchev–Trinajstić information content (AvgIpc) is 3.27. The van der Waals surface area contributed by atoms with E-state index in [1.807, 2.05) is 24.3 Å². The van der Waals surface area contributed by atoms with Gasteiger partial charge in [0.05, 0.1) is 25.2 Å². The molecule has 31 heavy (non-hydrogen) atoms. The number of aromatic nitrogens is 1. The van der Waals surface area contributed by atoms with Crippen molar-refractivity contribution in [2.45, 2.75) is 18.5 Å². The second kappa shape index (κ2) is 8.41. The number of aromatic amines is 1. The molecule has 4 rings (SSSR count). The van der Waals surface area contributed by atoms with Crippen molar-refractivity contribution in [3.63, 3.8) is 0 Å². The van der Waals surface area contributed by atoms with Gasteiger partial charge >= 0.3 is 11.9 Å². The first-order valence-electron chi connectivity index (χ1n) is 9.66. The number of nitrogens with zero attached hydrogens (tertiary/aromatic N) is 1. The van der Waals surface area contributed by atoms with Crippen molar-refractivity contribution in [3.05, 3.63) is 70.4 Å². The average molecular weight is 442 g/mol. The maximum Gasteiger partial charge on any atom is 0.317 e. The van der Waals surface area contributed by atoms with Crippen LogP contribution in [0.4, 0.5) is 0 Å². The highest BCUT2D eigenvalue weighted by atomic mass is 35.5. The summed E-state index contributed by atoms with van der Waals surface area (Å²) in [5, 5.41) is 22.9. The van der Waals surface area contributed by atoms with Crippen molar-refractivity contribution in [1.29, 1.82) is 0 Å². The quantitative estimate of drug-likeness (QED) is 0.447. The van der Waals surface area contributed by atoms with Crippen LogP contribution in [-0.2, 0) is 16.0 Å². The van der Waals surface area contributed by atoms with Gasteiger partial charge in [0.1, 0.15) is 5.69 Å². The van der Waals surface area contributed by atoms with Crippen LogP contribution in [0.15, 0.2) is 48.5 Å². The minimum Gasteiger partial charge on any atom is -0.480 e. The Morgan fingerprint density at radius 3 is 2.48 bits per heavy atom. The third kappa shape index (κ3) is 4.40. The fourth-order valence-corrected chi connectivity index (χ4v) is 4.41. The van der Waals surface area contributed by atoms with Crippen molar-refractivity contribution in [1.82, 2.24) is 15.2 Å². The first-order chi connectivity index (χ1) is 14.8. The number of carboxylic acid groups (broad SMARTS) is 2. The molecule has 0 unspecified atom stereocenters. The van der Waals surface area contributed by atoms with Crippen molar-refractivity contribution in [2.24, 2.45) is 0 Å². The molecule has 0 fully saturated rings. The predicted molar refractivity (Wildman–Crippen MR) is 114 cm³/mol. The third-order valence-electron chi connectivity index (χ3n) is 5.41. The highest BCUT2D eigenvalue weighted by Crippen LogP contribution is 2.36. The van der Waals surface area contributed by atoms with Crippen molar-refractivity contribution >= 4 is 40.3 Å². The third-order valence-corrected chi connectivity index (χ3v) is 5.64. The van der Waals surface area contributed by atoms with E-state index < -0.39 is 37.1 Å². The van der Waals surface area contributed by atoms with E-state index >= 15 is 0 Å². The van der Waals surface area contributed by atoms with Crippen molar-refractivity contribution < 1.29 is 24.6 Å². The Labute approximate surface area is 182 Å². The summed E-state index contributed by atoms with van der Waals surface area (Å²) >= 11 is 6.02. The summed E-state index contributed by atoms with van der Waals surface area (Å²) in [5.74, 6) is -2.63. The lowest BCUT2D eigenvalue weighted by Gasteiger charge is -2.31. The van der Waals surface area contributed by atoms with Gasteiger partial charge in [-0.25, -0.2) is 0 Å². The van der Waals surface area contributed by atoms with E-state index in [0.29, 0.717) is 17.1 Å². The fourth-order valence-electron chi connectivity index (χ4n) is 4.23. The number of carbonyl (C=O) groups is 3. The highest BCUT2D eigenvalue weighted by Gasteiger charge is 2.39. The van der Waals surface area contributed by atoms with Crippen LogP contribution in [0.2, 0.25) is 5.02 Å². The summed E-state index contributed by atoms with van der Waals surface area (Å²) < 4.78 is 0. The molecule has 3 aromatic rings. The molecule has 8 nitrogen and oxygen atoms in total. The van der Waals surface area contributed by atoms with Gasteiger partial charge in [0.15, 0.2) is 0 Å². The molecule has 2 aromatic carbocycles. The molecule has 0 radical (unpaired) electrons. The standard InChI is InChI=1S/C22H20ClN3O5/c23-14-5-6-16-13(7-14)9-18(24-16)22(31)25-17-8-12-3-1-2-4-15(12)21(17)26(10-19(27)28)11-20(29)30/h1-7,9,17,21,24H,8,10-11H2,(H,25,31)(H,27,28)(H,29,30)/t17-,21+/m1/s1. The molecular weight excluding hydrogens is 422 g/mol. The van der Waals surface area contributed by atoms with Gasteiger partial charge in [0.25, 0.3) is 5.91 Å². The SMILES string of the molecule is O=C(O)CN(CC(=O)O)[C@H]1c2ccccc2C[C@H]1NC(=O)c1cc2cc(Cl)ccc2[nH]1. The number of halogens is 1. The molecule has 1 aliphatic rings. The second-order valence-corrected chi connectivity index (χ2v) is 7.97. The Morgan fingerprint density at radius 1 is 1.06 bits per heavy atom. The number of fused-ring (bicyclic) bond motifs is 2. The maximum absolute atomic E-state index is 13.0. The lowest BCUT2D eigenvalue weighted by atomic mass is 10.0. The Kier molecular flexibility index (Phi) is 5.67. The number of aliphatic carboxylic acids is 2. The molecule has 9 heteroatoms. The molecule has 0 bridgehead atoms. The van der Waals surface area contributed by atoms with Gasteiger partial charge in [0, 0.05) is 15.9 Å². The van der Waals surface area contributed by atoms with Crippen LogP contribution < -0.4 is 5.32 Å². The molecule has 1 heterocycles. The molecule has 4 N–H and O–H groups in total. The number of H-pyrrole nitrogens is 1.